The average molecular weight is 423 g/mol. The van der Waals surface area contributed by atoms with Gasteiger partial charge in [0.05, 0.1) is 22.7 Å². The summed E-state index contributed by atoms with van der Waals surface area (Å²) in [5, 5.41) is 5.20. The quantitative estimate of drug-likeness (QED) is 0.419. The molecule has 0 bridgehead atoms. The van der Waals surface area contributed by atoms with Gasteiger partial charge < -0.3 is 10.5 Å². The minimum atomic E-state index is -0.305. The van der Waals surface area contributed by atoms with Gasteiger partial charge >= 0.3 is 0 Å². The van der Waals surface area contributed by atoms with Gasteiger partial charge in [-0.2, -0.15) is 5.10 Å². The summed E-state index contributed by atoms with van der Waals surface area (Å²) in [4.78, 5) is 8.50. The standard InChI is InChI=1S/C22H23FN6S/c1-13(2)18-9-15(8-16-11-25-22(24)26-21(16)18)14-4-5-20(19(23)10-14)28-30-12-17-6-7-29(3)27-17/h4-11,13,28H,12H2,1-3H3,(H2,24,25,26). The summed E-state index contributed by atoms with van der Waals surface area (Å²) in [6.07, 6.45) is 3.60. The average Bonchev–Trinajstić information content (AvgIpc) is 3.13. The first-order valence-corrected chi connectivity index (χ1v) is 10.6. The van der Waals surface area contributed by atoms with Crippen molar-refractivity contribution in [2.24, 2.45) is 7.05 Å². The highest BCUT2D eigenvalue weighted by Crippen LogP contribution is 2.32. The van der Waals surface area contributed by atoms with Gasteiger partial charge in [-0.1, -0.05) is 19.9 Å². The fourth-order valence-corrected chi connectivity index (χ4v) is 3.99. The van der Waals surface area contributed by atoms with Gasteiger partial charge in [0.2, 0.25) is 5.95 Å². The van der Waals surface area contributed by atoms with Gasteiger partial charge in [-0.25, -0.2) is 14.4 Å². The molecule has 30 heavy (non-hydrogen) atoms. The predicted octanol–water partition coefficient (Wildman–Crippen LogP) is 5.14. The first-order valence-electron chi connectivity index (χ1n) is 9.63. The number of nitrogens with two attached hydrogens (primary N) is 1. The van der Waals surface area contributed by atoms with Gasteiger partial charge in [0, 0.05) is 24.8 Å². The number of hydrogen-bond acceptors (Lipinski definition) is 6. The SMILES string of the molecule is CC(C)c1cc(-c2ccc(NSCc3ccn(C)n3)c(F)c2)cc2cnc(N)nc12. The van der Waals surface area contributed by atoms with E-state index in [1.54, 1.807) is 23.0 Å². The molecule has 2 aromatic heterocycles. The Hall–Kier alpha value is -3.13. The highest BCUT2D eigenvalue weighted by atomic mass is 32.2. The van der Waals surface area contributed by atoms with Crippen molar-refractivity contribution in [2.75, 3.05) is 10.5 Å². The molecule has 0 unspecified atom stereocenters. The number of aryl methyl sites for hydroxylation is 1. The van der Waals surface area contributed by atoms with Crippen molar-refractivity contribution < 1.29 is 4.39 Å². The molecule has 0 aliphatic rings. The topological polar surface area (TPSA) is 81.7 Å². The lowest BCUT2D eigenvalue weighted by Crippen LogP contribution is -1.99. The van der Waals surface area contributed by atoms with Crippen molar-refractivity contribution in [1.29, 1.82) is 0 Å². The molecule has 0 fully saturated rings. The van der Waals surface area contributed by atoms with E-state index in [4.69, 9.17) is 5.73 Å². The van der Waals surface area contributed by atoms with Crippen molar-refractivity contribution in [2.45, 2.75) is 25.5 Å². The minimum absolute atomic E-state index is 0.246. The Morgan fingerprint density at radius 1 is 1.17 bits per heavy atom. The van der Waals surface area contributed by atoms with E-state index in [2.05, 4.69) is 39.7 Å². The van der Waals surface area contributed by atoms with E-state index in [-0.39, 0.29) is 17.7 Å². The lowest BCUT2D eigenvalue weighted by molar-refractivity contribution is 0.633. The van der Waals surface area contributed by atoms with Crippen LogP contribution in [-0.2, 0) is 12.8 Å². The van der Waals surface area contributed by atoms with Gasteiger partial charge in [-0.05, 0) is 64.9 Å². The molecule has 8 heteroatoms. The summed E-state index contributed by atoms with van der Waals surface area (Å²) >= 11 is 1.40. The van der Waals surface area contributed by atoms with Crippen LogP contribution in [0.2, 0.25) is 0 Å². The van der Waals surface area contributed by atoms with E-state index in [0.717, 1.165) is 33.3 Å². The molecule has 0 radical (unpaired) electrons. The molecule has 0 atom stereocenters. The van der Waals surface area contributed by atoms with Crippen LogP contribution in [0.4, 0.5) is 16.0 Å². The van der Waals surface area contributed by atoms with E-state index in [9.17, 15) is 4.39 Å². The van der Waals surface area contributed by atoms with Crippen molar-refractivity contribution in [3.8, 4) is 11.1 Å². The number of nitrogen functional groups attached to an aromatic ring is 1. The maximum absolute atomic E-state index is 14.8. The smallest absolute Gasteiger partial charge is 0.220 e. The maximum Gasteiger partial charge on any atom is 0.220 e. The second kappa shape index (κ2) is 8.31. The minimum Gasteiger partial charge on any atom is -0.368 e. The summed E-state index contributed by atoms with van der Waals surface area (Å²) in [6, 6.07) is 11.2. The molecule has 2 heterocycles. The number of nitrogens with one attached hydrogen (secondary N) is 1. The van der Waals surface area contributed by atoms with Gasteiger partial charge in [-0.3, -0.25) is 4.68 Å². The van der Waals surface area contributed by atoms with E-state index in [1.165, 1.54) is 11.9 Å². The second-order valence-corrected chi connectivity index (χ2v) is 8.23. The molecule has 0 spiro atoms. The molecule has 4 aromatic rings. The number of fused-ring (bicyclic) bond motifs is 1. The van der Waals surface area contributed by atoms with E-state index in [0.29, 0.717) is 11.4 Å². The molecule has 0 amide bonds. The summed E-state index contributed by atoms with van der Waals surface area (Å²) in [6.45, 7) is 4.20. The fraction of sp³-hybridized carbons (Fsp3) is 0.227. The van der Waals surface area contributed by atoms with Crippen LogP contribution in [0.15, 0.2) is 48.8 Å². The molecule has 4 rings (SSSR count). The van der Waals surface area contributed by atoms with Crippen LogP contribution in [0.1, 0.15) is 31.0 Å². The number of halogens is 1. The van der Waals surface area contributed by atoms with Gasteiger partial charge in [0.25, 0.3) is 0 Å². The van der Waals surface area contributed by atoms with Crippen LogP contribution in [-0.4, -0.2) is 19.7 Å². The highest BCUT2D eigenvalue weighted by molar-refractivity contribution is 7.99. The van der Waals surface area contributed by atoms with Crippen LogP contribution in [0, 0.1) is 5.82 Å². The van der Waals surface area contributed by atoms with Gasteiger partial charge in [0.15, 0.2) is 0 Å². The Labute approximate surface area is 178 Å². The summed E-state index contributed by atoms with van der Waals surface area (Å²) in [5.41, 5.74) is 10.8. The third-order valence-corrected chi connectivity index (χ3v) is 5.63. The first kappa shape index (κ1) is 20.2. The van der Waals surface area contributed by atoms with E-state index in [1.807, 2.05) is 31.4 Å². The summed E-state index contributed by atoms with van der Waals surface area (Å²) in [5.74, 6) is 0.839. The van der Waals surface area contributed by atoms with Crippen LogP contribution in [0.25, 0.3) is 22.0 Å². The zero-order valence-electron chi connectivity index (χ0n) is 17.1. The Balaban J connectivity index is 1.59. The molecular formula is C22H23FN6S. The molecule has 0 aliphatic heterocycles. The van der Waals surface area contributed by atoms with Gasteiger partial charge in [-0.15, -0.1) is 0 Å². The van der Waals surface area contributed by atoms with E-state index >= 15 is 0 Å². The van der Waals surface area contributed by atoms with Crippen LogP contribution < -0.4 is 10.5 Å². The maximum atomic E-state index is 14.8. The van der Waals surface area contributed by atoms with Crippen molar-refractivity contribution in [3.63, 3.8) is 0 Å². The van der Waals surface area contributed by atoms with Crippen molar-refractivity contribution in [1.82, 2.24) is 19.7 Å². The molecule has 2 aromatic carbocycles. The molecule has 6 nitrogen and oxygen atoms in total. The predicted molar refractivity (Wildman–Crippen MR) is 122 cm³/mol. The normalized spacial score (nSPS) is 11.4. The zero-order valence-corrected chi connectivity index (χ0v) is 17.9. The number of hydrogen-bond donors (Lipinski definition) is 2. The summed E-state index contributed by atoms with van der Waals surface area (Å²) in [7, 11) is 1.87. The summed E-state index contributed by atoms with van der Waals surface area (Å²) < 4.78 is 19.6. The number of nitrogens with zero attached hydrogens (tertiary/aromatic N) is 4. The molecular weight excluding hydrogens is 399 g/mol. The lowest BCUT2D eigenvalue weighted by atomic mass is 9.94. The van der Waals surface area contributed by atoms with Crippen LogP contribution in [0.3, 0.4) is 0 Å². The van der Waals surface area contributed by atoms with E-state index < -0.39 is 0 Å². The number of aromatic nitrogens is 4. The number of anilines is 2. The number of benzene rings is 2. The first-order chi connectivity index (χ1) is 14.4. The lowest BCUT2D eigenvalue weighted by Gasteiger charge is -2.14. The third kappa shape index (κ3) is 4.23. The van der Waals surface area contributed by atoms with Crippen molar-refractivity contribution in [3.05, 3.63) is 65.9 Å². The Morgan fingerprint density at radius 2 is 2.00 bits per heavy atom. The fourth-order valence-electron chi connectivity index (χ4n) is 3.30. The van der Waals surface area contributed by atoms with Crippen molar-refractivity contribution >= 4 is 34.5 Å². The second-order valence-electron chi connectivity index (χ2n) is 7.45. The van der Waals surface area contributed by atoms with Gasteiger partial charge in [0.1, 0.15) is 5.82 Å². The molecule has 154 valence electrons. The van der Waals surface area contributed by atoms with Crippen LogP contribution in [0.5, 0.6) is 0 Å². The van der Waals surface area contributed by atoms with Crippen LogP contribution >= 0.6 is 11.9 Å². The monoisotopic (exact) mass is 422 g/mol. The molecule has 0 saturated carbocycles. The Kier molecular flexibility index (Phi) is 5.59. The number of rotatable bonds is 6. The molecule has 3 N–H and O–H groups in total. The Morgan fingerprint density at radius 3 is 2.70 bits per heavy atom. The Bertz CT molecular complexity index is 1200. The zero-order chi connectivity index (χ0) is 21.3. The molecule has 0 aliphatic carbocycles. The highest BCUT2D eigenvalue weighted by Gasteiger charge is 2.13. The largest absolute Gasteiger partial charge is 0.368 e. The molecule has 0 saturated heterocycles. The third-order valence-electron chi connectivity index (χ3n) is 4.83.